The highest BCUT2D eigenvalue weighted by atomic mass is 35.5. The predicted octanol–water partition coefficient (Wildman–Crippen LogP) is 2.64. The van der Waals surface area contributed by atoms with Crippen molar-refractivity contribution in [2.75, 3.05) is 13.6 Å². The van der Waals surface area contributed by atoms with E-state index in [-0.39, 0.29) is 11.9 Å². The smallest absolute Gasteiger partial charge is 0.138 e. The first-order chi connectivity index (χ1) is 8.58. The van der Waals surface area contributed by atoms with E-state index >= 15 is 0 Å². The zero-order chi connectivity index (χ0) is 13.1. The Hall–Kier alpha value is -0.770. The number of phenols is 1. The summed E-state index contributed by atoms with van der Waals surface area (Å²) in [5.41, 5.74) is 0.831. The van der Waals surface area contributed by atoms with Crippen molar-refractivity contribution in [2.45, 2.75) is 31.9 Å². The van der Waals surface area contributed by atoms with Crippen molar-refractivity contribution in [3.63, 3.8) is 0 Å². The first kappa shape index (κ1) is 13.7. The molecular formula is C14H20ClNO2. The molecule has 2 N–H and O–H groups in total. The standard InChI is InChI=1S/C14H20ClNO2/c1-16(8-10-4-3-7-13(10)17)9-11-5-2-6-12(15)14(11)18/h2,5-6,10,13,17-18H,3-4,7-9H2,1H3. The van der Waals surface area contributed by atoms with Gasteiger partial charge in [0.25, 0.3) is 0 Å². The molecule has 0 spiro atoms. The van der Waals surface area contributed by atoms with Crippen LogP contribution in [0.3, 0.4) is 0 Å². The Bertz CT molecular complexity index is 411. The zero-order valence-electron chi connectivity index (χ0n) is 10.6. The molecule has 0 bridgehead atoms. The number of aliphatic hydroxyl groups excluding tert-OH is 1. The molecule has 4 heteroatoms. The number of phenolic OH excluding ortho intramolecular Hbond substituents is 1. The molecule has 0 aromatic heterocycles. The third-order valence-corrected chi connectivity index (χ3v) is 3.98. The van der Waals surface area contributed by atoms with Gasteiger partial charge in [0.1, 0.15) is 5.75 Å². The summed E-state index contributed by atoms with van der Waals surface area (Å²) in [4.78, 5) is 2.13. The first-order valence-electron chi connectivity index (χ1n) is 6.41. The molecule has 2 rings (SSSR count). The molecule has 1 fully saturated rings. The van der Waals surface area contributed by atoms with Crippen LogP contribution in [-0.4, -0.2) is 34.8 Å². The molecule has 1 aromatic carbocycles. The molecule has 1 aliphatic carbocycles. The number of hydrogen-bond donors (Lipinski definition) is 2. The van der Waals surface area contributed by atoms with Crippen molar-refractivity contribution in [3.05, 3.63) is 28.8 Å². The number of aliphatic hydroxyl groups is 1. The number of nitrogens with zero attached hydrogens (tertiary/aromatic N) is 1. The van der Waals surface area contributed by atoms with E-state index in [1.165, 1.54) is 0 Å². The molecule has 18 heavy (non-hydrogen) atoms. The summed E-state index contributed by atoms with van der Waals surface area (Å²) < 4.78 is 0. The molecule has 0 saturated heterocycles. The molecule has 0 aliphatic heterocycles. The van der Waals surface area contributed by atoms with Crippen molar-refractivity contribution in [1.29, 1.82) is 0 Å². The molecule has 1 saturated carbocycles. The Morgan fingerprint density at radius 2 is 2.17 bits per heavy atom. The first-order valence-corrected chi connectivity index (χ1v) is 6.78. The van der Waals surface area contributed by atoms with Gasteiger partial charge in [-0.25, -0.2) is 0 Å². The van der Waals surface area contributed by atoms with E-state index in [4.69, 9.17) is 11.6 Å². The van der Waals surface area contributed by atoms with Crippen LogP contribution in [0.15, 0.2) is 18.2 Å². The highest BCUT2D eigenvalue weighted by Crippen LogP contribution is 2.29. The lowest BCUT2D eigenvalue weighted by atomic mass is 10.1. The summed E-state index contributed by atoms with van der Waals surface area (Å²) in [7, 11) is 2.01. The van der Waals surface area contributed by atoms with Crippen LogP contribution in [0.4, 0.5) is 0 Å². The summed E-state index contributed by atoms with van der Waals surface area (Å²) in [6.45, 7) is 1.50. The quantitative estimate of drug-likeness (QED) is 0.883. The van der Waals surface area contributed by atoms with Gasteiger partial charge in [0, 0.05) is 18.7 Å². The summed E-state index contributed by atoms with van der Waals surface area (Å²) in [5, 5.41) is 20.0. The van der Waals surface area contributed by atoms with E-state index < -0.39 is 0 Å². The third kappa shape index (κ3) is 3.16. The number of halogens is 1. The maximum absolute atomic E-state index is 9.85. The molecule has 0 heterocycles. The molecule has 1 aromatic rings. The van der Waals surface area contributed by atoms with Gasteiger partial charge < -0.3 is 15.1 Å². The Morgan fingerprint density at radius 3 is 2.83 bits per heavy atom. The minimum absolute atomic E-state index is 0.165. The topological polar surface area (TPSA) is 43.7 Å². The van der Waals surface area contributed by atoms with E-state index in [1.54, 1.807) is 6.07 Å². The molecule has 100 valence electrons. The second kappa shape index (κ2) is 5.91. The van der Waals surface area contributed by atoms with E-state index in [0.717, 1.165) is 31.4 Å². The molecule has 1 aliphatic rings. The second-order valence-electron chi connectivity index (χ2n) is 5.20. The fourth-order valence-electron chi connectivity index (χ4n) is 2.67. The summed E-state index contributed by atoms with van der Waals surface area (Å²) in [5.74, 6) is 0.523. The summed E-state index contributed by atoms with van der Waals surface area (Å²) >= 11 is 5.88. The van der Waals surface area contributed by atoms with E-state index in [1.807, 2.05) is 19.2 Å². The van der Waals surface area contributed by atoms with Crippen LogP contribution >= 0.6 is 11.6 Å². The predicted molar refractivity (Wildman–Crippen MR) is 72.8 cm³/mol. The van der Waals surface area contributed by atoms with Crippen LogP contribution in [0.25, 0.3) is 0 Å². The van der Waals surface area contributed by atoms with Gasteiger partial charge in [0.15, 0.2) is 0 Å². The van der Waals surface area contributed by atoms with Crippen molar-refractivity contribution < 1.29 is 10.2 Å². The monoisotopic (exact) mass is 269 g/mol. The molecule has 2 atom stereocenters. The van der Waals surface area contributed by atoms with Gasteiger partial charge in [-0.15, -0.1) is 0 Å². The zero-order valence-corrected chi connectivity index (χ0v) is 11.4. The minimum atomic E-state index is -0.166. The van der Waals surface area contributed by atoms with Crippen LogP contribution in [0.5, 0.6) is 5.75 Å². The van der Waals surface area contributed by atoms with Gasteiger partial charge in [-0.1, -0.05) is 30.2 Å². The van der Waals surface area contributed by atoms with Crippen LogP contribution < -0.4 is 0 Å². The van der Waals surface area contributed by atoms with Gasteiger partial charge in [-0.2, -0.15) is 0 Å². The van der Waals surface area contributed by atoms with E-state index in [2.05, 4.69) is 4.90 Å². The van der Waals surface area contributed by atoms with E-state index in [0.29, 0.717) is 17.5 Å². The van der Waals surface area contributed by atoms with Crippen LogP contribution in [0, 0.1) is 5.92 Å². The Balaban J connectivity index is 1.94. The van der Waals surface area contributed by atoms with E-state index in [9.17, 15) is 10.2 Å². The van der Waals surface area contributed by atoms with Crippen molar-refractivity contribution >= 4 is 11.6 Å². The number of rotatable bonds is 4. The fourth-order valence-corrected chi connectivity index (χ4v) is 2.87. The van der Waals surface area contributed by atoms with Crippen molar-refractivity contribution in [1.82, 2.24) is 4.90 Å². The molecule has 0 radical (unpaired) electrons. The van der Waals surface area contributed by atoms with Crippen LogP contribution in [0.2, 0.25) is 5.02 Å². The summed E-state index contributed by atoms with van der Waals surface area (Å²) in [6, 6.07) is 5.40. The lowest BCUT2D eigenvalue weighted by Crippen LogP contribution is -2.29. The third-order valence-electron chi connectivity index (χ3n) is 3.68. The van der Waals surface area contributed by atoms with Gasteiger partial charge in [-0.3, -0.25) is 0 Å². The molecule has 3 nitrogen and oxygen atoms in total. The minimum Gasteiger partial charge on any atom is -0.506 e. The van der Waals surface area contributed by atoms with Gasteiger partial charge in [0.05, 0.1) is 11.1 Å². The molecule has 0 amide bonds. The Kier molecular flexibility index (Phi) is 4.49. The molecular weight excluding hydrogens is 250 g/mol. The van der Waals surface area contributed by atoms with Crippen molar-refractivity contribution in [3.8, 4) is 5.75 Å². The average molecular weight is 270 g/mol. The van der Waals surface area contributed by atoms with Gasteiger partial charge >= 0.3 is 0 Å². The van der Waals surface area contributed by atoms with Crippen molar-refractivity contribution in [2.24, 2.45) is 5.92 Å². The fraction of sp³-hybridized carbons (Fsp3) is 0.571. The lowest BCUT2D eigenvalue weighted by Gasteiger charge is -2.23. The highest BCUT2D eigenvalue weighted by molar-refractivity contribution is 6.32. The molecule has 2 unspecified atom stereocenters. The number of para-hydroxylation sites is 1. The van der Waals surface area contributed by atoms with Crippen LogP contribution in [-0.2, 0) is 6.54 Å². The van der Waals surface area contributed by atoms with Crippen LogP contribution in [0.1, 0.15) is 24.8 Å². The largest absolute Gasteiger partial charge is 0.506 e. The van der Waals surface area contributed by atoms with Gasteiger partial charge in [0.2, 0.25) is 0 Å². The number of benzene rings is 1. The SMILES string of the molecule is CN(Cc1cccc(Cl)c1O)CC1CCCC1O. The summed E-state index contributed by atoms with van der Waals surface area (Å²) in [6.07, 6.45) is 2.95. The normalized spacial score (nSPS) is 23.8. The average Bonchev–Trinajstić information content (AvgIpc) is 2.71. The number of aromatic hydroxyl groups is 1. The second-order valence-corrected chi connectivity index (χ2v) is 5.61. The lowest BCUT2D eigenvalue weighted by molar-refractivity contribution is 0.107. The maximum atomic E-state index is 9.85. The Labute approximate surface area is 113 Å². The van der Waals surface area contributed by atoms with Gasteiger partial charge in [-0.05, 0) is 31.9 Å². The number of hydrogen-bond acceptors (Lipinski definition) is 3. The Morgan fingerprint density at radius 1 is 1.39 bits per heavy atom. The maximum Gasteiger partial charge on any atom is 0.138 e. The highest BCUT2D eigenvalue weighted by Gasteiger charge is 2.26.